The Kier molecular flexibility index (Phi) is 6.56. The van der Waals surface area contributed by atoms with Crippen LogP contribution in [-0.4, -0.2) is 56.8 Å². The molecule has 0 N–H and O–H groups in total. The van der Waals surface area contributed by atoms with Gasteiger partial charge in [-0.3, -0.25) is 0 Å². The van der Waals surface area contributed by atoms with Crippen molar-refractivity contribution >= 4 is 14.4 Å². The first-order valence-electron chi connectivity index (χ1n) is 8.91. The first-order valence-corrected chi connectivity index (χ1v) is 11.8. The molecule has 1 fully saturated rings. The van der Waals surface area contributed by atoms with Gasteiger partial charge in [0.1, 0.15) is 5.60 Å². The average Bonchev–Trinajstić information content (AvgIpc) is 2.75. The SMILES string of the molecule is CC(C)(C)OC(=O)N1CCC(C)(OCCO[Si](C)(C)C(C)(C)C)C1. The van der Waals surface area contributed by atoms with Gasteiger partial charge in [0.05, 0.1) is 25.4 Å². The summed E-state index contributed by atoms with van der Waals surface area (Å²) in [6.45, 7) is 21.3. The highest BCUT2D eigenvalue weighted by atomic mass is 28.4. The molecule has 0 aromatic carbocycles. The molecule has 1 aliphatic rings. The topological polar surface area (TPSA) is 48.0 Å². The van der Waals surface area contributed by atoms with Crippen LogP contribution in [0.2, 0.25) is 18.1 Å². The lowest BCUT2D eigenvalue weighted by molar-refractivity contribution is -0.0385. The number of amides is 1. The van der Waals surface area contributed by atoms with Crippen molar-refractivity contribution < 1.29 is 18.7 Å². The summed E-state index contributed by atoms with van der Waals surface area (Å²) >= 11 is 0. The number of carbonyl (C=O) groups excluding carboxylic acids is 1. The van der Waals surface area contributed by atoms with E-state index < -0.39 is 13.9 Å². The van der Waals surface area contributed by atoms with E-state index in [0.29, 0.717) is 26.3 Å². The highest BCUT2D eigenvalue weighted by Gasteiger charge is 2.39. The smallest absolute Gasteiger partial charge is 0.410 e. The fourth-order valence-corrected chi connectivity index (χ4v) is 3.36. The lowest BCUT2D eigenvalue weighted by Gasteiger charge is -2.36. The van der Waals surface area contributed by atoms with Crippen LogP contribution < -0.4 is 0 Å². The van der Waals surface area contributed by atoms with Crippen LogP contribution in [0.5, 0.6) is 0 Å². The number of carbonyl (C=O) groups is 1. The van der Waals surface area contributed by atoms with Crippen LogP contribution in [0.25, 0.3) is 0 Å². The molecule has 0 radical (unpaired) electrons. The van der Waals surface area contributed by atoms with E-state index in [0.717, 1.165) is 6.42 Å². The number of rotatable bonds is 5. The van der Waals surface area contributed by atoms with E-state index in [2.05, 4.69) is 40.8 Å². The van der Waals surface area contributed by atoms with Gasteiger partial charge < -0.3 is 18.8 Å². The number of hydrogen-bond acceptors (Lipinski definition) is 4. The van der Waals surface area contributed by atoms with Gasteiger partial charge in [0.25, 0.3) is 0 Å². The van der Waals surface area contributed by atoms with E-state index in [1.165, 1.54) is 0 Å². The Morgan fingerprint density at radius 3 is 2.21 bits per heavy atom. The number of hydrogen-bond donors (Lipinski definition) is 0. The molecule has 1 rings (SSSR count). The third kappa shape index (κ3) is 6.37. The van der Waals surface area contributed by atoms with Crippen molar-refractivity contribution in [1.29, 1.82) is 0 Å². The second-order valence-electron chi connectivity index (χ2n) is 9.56. The first kappa shape index (κ1) is 21.4. The van der Waals surface area contributed by atoms with E-state index >= 15 is 0 Å². The molecule has 1 saturated heterocycles. The van der Waals surface area contributed by atoms with E-state index in [1.54, 1.807) is 4.90 Å². The van der Waals surface area contributed by atoms with Crippen molar-refractivity contribution in [2.24, 2.45) is 0 Å². The third-order valence-electron chi connectivity index (χ3n) is 4.89. The Bertz CT molecular complexity index is 439. The molecule has 1 unspecified atom stereocenters. The van der Waals surface area contributed by atoms with E-state index in [-0.39, 0.29) is 16.7 Å². The van der Waals surface area contributed by atoms with Gasteiger partial charge >= 0.3 is 6.09 Å². The fourth-order valence-electron chi connectivity index (χ4n) is 2.33. The Hall–Kier alpha value is -0.593. The number of ether oxygens (including phenoxy) is 2. The number of likely N-dealkylation sites (tertiary alicyclic amines) is 1. The summed E-state index contributed by atoms with van der Waals surface area (Å²) in [5.41, 5.74) is -0.776. The van der Waals surface area contributed by atoms with Crippen LogP contribution >= 0.6 is 0 Å². The maximum atomic E-state index is 12.1. The minimum atomic E-state index is -1.73. The predicted octanol–water partition coefficient (Wildman–Crippen LogP) is 4.42. The molecule has 0 saturated carbocycles. The van der Waals surface area contributed by atoms with Crippen molar-refractivity contribution in [3.05, 3.63) is 0 Å². The standard InChI is InChI=1S/C18H37NO4Si/c1-16(2,3)23-15(20)19-11-10-18(7,14-19)21-12-13-22-24(8,9)17(4,5)6/h10-14H2,1-9H3. The molecule has 0 aliphatic carbocycles. The summed E-state index contributed by atoms with van der Waals surface area (Å²) < 4.78 is 17.6. The zero-order chi connectivity index (χ0) is 18.8. The second-order valence-corrected chi connectivity index (χ2v) is 14.4. The number of nitrogens with zero attached hydrogens (tertiary/aromatic N) is 1. The quantitative estimate of drug-likeness (QED) is 0.538. The van der Waals surface area contributed by atoms with Crippen LogP contribution in [0, 0.1) is 0 Å². The van der Waals surface area contributed by atoms with Gasteiger partial charge in [0.15, 0.2) is 8.32 Å². The van der Waals surface area contributed by atoms with Gasteiger partial charge in [-0.15, -0.1) is 0 Å². The Morgan fingerprint density at radius 1 is 1.12 bits per heavy atom. The van der Waals surface area contributed by atoms with Crippen molar-refractivity contribution in [1.82, 2.24) is 4.90 Å². The lowest BCUT2D eigenvalue weighted by Crippen LogP contribution is -2.42. The van der Waals surface area contributed by atoms with E-state index in [1.807, 2.05) is 20.8 Å². The molecule has 0 aromatic heterocycles. The summed E-state index contributed by atoms with van der Waals surface area (Å²) in [5.74, 6) is 0. The van der Waals surface area contributed by atoms with Crippen LogP contribution in [0.15, 0.2) is 0 Å². The molecule has 0 spiro atoms. The van der Waals surface area contributed by atoms with Gasteiger partial charge in [-0.1, -0.05) is 20.8 Å². The molecule has 1 aliphatic heterocycles. The van der Waals surface area contributed by atoms with Crippen LogP contribution in [-0.2, 0) is 13.9 Å². The van der Waals surface area contributed by atoms with Crippen molar-refractivity contribution in [2.45, 2.75) is 84.2 Å². The molecule has 0 bridgehead atoms. The molecular formula is C18H37NO4Si. The molecule has 0 aromatic rings. The van der Waals surface area contributed by atoms with Crippen LogP contribution in [0.1, 0.15) is 54.9 Å². The monoisotopic (exact) mass is 359 g/mol. The summed E-state index contributed by atoms with van der Waals surface area (Å²) in [6.07, 6.45) is 0.569. The van der Waals surface area contributed by atoms with Gasteiger partial charge in [0.2, 0.25) is 0 Å². The van der Waals surface area contributed by atoms with Crippen molar-refractivity contribution in [2.75, 3.05) is 26.3 Å². The highest BCUT2D eigenvalue weighted by molar-refractivity contribution is 6.74. The Balaban J connectivity index is 2.40. The average molecular weight is 360 g/mol. The molecule has 1 atom stereocenters. The summed E-state index contributed by atoms with van der Waals surface area (Å²) in [4.78, 5) is 13.9. The Morgan fingerprint density at radius 2 is 1.71 bits per heavy atom. The van der Waals surface area contributed by atoms with Crippen molar-refractivity contribution in [3.63, 3.8) is 0 Å². The molecule has 1 heterocycles. The Labute approximate surface area is 149 Å². The first-order chi connectivity index (χ1) is 10.7. The zero-order valence-corrected chi connectivity index (χ0v) is 18.1. The van der Waals surface area contributed by atoms with Crippen LogP contribution in [0.4, 0.5) is 4.79 Å². The molecule has 142 valence electrons. The third-order valence-corrected chi connectivity index (χ3v) is 9.43. The lowest BCUT2D eigenvalue weighted by atomic mass is 10.1. The summed E-state index contributed by atoms with van der Waals surface area (Å²) in [6, 6.07) is 0. The predicted molar refractivity (Wildman–Crippen MR) is 99.9 cm³/mol. The molecule has 5 nitrogen and oxygen atoms in total. The molecule has 1 amide bonds. The zero-order valence-electron chi connectivity index (χ0n) is 17.1. The van der Waals surface area contributed by atoms with Gasteiger partial charge in [-0.2, -0.15) is 0 Å². The maximum Gasteiger partial charge on any atom is 0.410 e. The molecule has 6 heteroatoms. The molecular weight excluding hydrogens is 322 g/mol. The summed E-state index contributed by atoms with van der Waals surface area (Å²) in [5, 5.41) is 0.206. The fraction of sp³-hybridized carbons (Fsp3) is 0.944. The highest BCUT2D eigenvalue weighted by Crippen LogP contribution is 2.36. The largest absolute Gasteiger partial charge is 0.444 e. The second kappa shape index (κ2) is 7.34. The van der Waals surface area contributed by atoms with Gasteiger partial charge in [-0.25, -0.2) is 4.79 Å². The van der Waals surface area contributed by atoms with Gasteiger partial charge in [0, 0.05) is 6.54 Å². The maximum absolute atomic E-state index is 12.1. The van der Waals surface area contributed by atoms with E-state index in [4.69, 9.17) is 13.9 Å². The molecule has 24 heavy (non-hydrogen) atoms. The van der Waals surface area contributed by atoms with Gasteiger partial charge in [-0.05, 0) is 52.2 Å². The van der Waals surface area contributed by atoms with Crippen LogP contribution in [0.3, 0.4) is 0 Å². The van der Waals surface area contributed by atoms with Crippen molar-refractivity contribution in [3.8, 4) is 0 Å². The minimum Gasteiger partial charge on any atom is -0.444 e. The van der Waals surface area contributed by atoms with E-state index in [9.17, 15) is 4.79 Å². The minimum absolute atomic E-state index is 0.206. The summed E-state index contributed by atoms with van der Waals surface area (Å²) in [7, 11) is -1.73. The normalized spacial score (nSPS) is 22.8.